The van der Waals surface area contributed by atoms with E-state index in [-0.39, 0.29) is 19.1 Å². The van der Waals surface area contributed by atoms with Crippen molar-refractivity contribution in [2.24, 2.45) is 0 Å². The second-order valence-corrected chi connectivity index (χ2v) is 3.98. The normalized spacial score (nSPS) is 9.74. The average molecular weight is 262 g/mol. The maximum atomic E-state index is 11.8. The highest BCUT2D eigenvalue weighted by Gasteiger charge is 2.11. The molecule has 0 aliphatic carbocycles. The van der Waals surface area contributed by atoms with Gasteiger partial charge in [-0.15, -0.1) is 0 Å². The Morgan fingerprint density at radius 2 is 2.11 bits per heavy atom. The third-order valence-corrected chi connectivity index (χ3v) is 2.67. The van der Waals surface area contributed by atoms with E-state index in [2.05, 4.69) is 0 Å². The molecule has 0 bridgehead atoms. The number of aliphatic hydroxyl groups excluding tert-OH is 1. The molecule has 0 atom stereocenters. The van der Waals surface area contributed by atoms with Gasteiger partial charge in [0.2, 0.25) is 0 Å². The van der Waals surface area contributed by atoms with Crippen molar-refractivity contribution in [1.29, 1.82) is 5.26 Å². The number of amides is 1. The molecule has 0 aliphatic rings. The predicted molar refractivity (Wildman–Crippen MR) is 70.6 cm³/mol. The van der Waals surface area contributed by atoms with Crippen LogP contribution < -0.4 is 4.74 Å². The Kier molecular flexibility index (Phi) is 6.41. The molecule has 1 rings (SSSR count). The van der Waals surface area contributed by atoms with Crippen LogP contribution in [0, 0.1) is 11.3 Å². The van der Waals surface area contributed by atoms with E-state index < -0.39 is 0 Å². The van der Waals surface area contributed by atoms with Crippen LogP contribution in [-0.4, -0.2) is 42.2 Å². The van der Waals surface area contributed by atoms with Gasteiger partial charge in [0.05, 0.1) is 11.6 Å². The summed E-state index contributed by atoms with van der Waals surface area (Å²) in [6, 6.07) is 8.62. The van der Waals surface area contributed by atoms with Crippen LogP contribution in [0.5, 0.6) is 5.75 Å². The molecular weight excluding hydrogens is 244 g/mol. The largest absolute Gasteiger partial charge is 0.484 e. The lowest BCUT2D eigenvalue weighted by atomic mass is 10.2. The Morgan fingerprint density at radius 1 is 1.42 bits per heavy atom. The molecule has 102 valence electrons. The number of benzene rings is 1. The maximum Gasteiger partial charge on any atom is 0.260 e. The molecule has 0 aliphatic heterocycles. The zero-order chi connectivity index (χ0) is 14.1. The molecule has 0 spiro atoms. The van der Waals surface area contributed by atoms with E-state index in [1.807, 2.05) is 13.0 Å². The summed E-state index contributed by atoms with van der Waals surface area (Å²) in [5.41, 5.74) is 0.553. The van der Waals surface area contributed by atoms with Gasteiger partial charge in [0.1, 0.15) is 5.75 Å². The number of ether oxygens (including phenoxy) is 1. The molecule has 0 unspecified atom stereocenters. The van der Waals surface area contributed by atoms with Crippen LogP contribution in [-0.2, 0) is 4.79 Å². The van der Waals surface area contributed by atoms with Crippen molar-refractivity contribution in [2.75, 3.05) is 26.3 Å². The van der Waals surface area contributed by atoms with Crippen LogP contribution in [0.3, 0.4) is 0 Å². The zero-order valence-corrected chi connectivity index (χ0v) is 11.0. The van der Waals surface area contributed by atoms with Crippen molar-refractivity contribution in [3.8, 4) is 11.8 Å². The lowest BCUT2D eigenvalue weighted by Crippen LogP contribution is -2.35. The second-order valence-electron chi connectivity index (χ2n) is 3.98. The average Bonchev–Trinajstić information content (AvgIpc) is 2.46. The standard InChI is InChI=1S/C14H18N2O3/c1-2-16(8-3-9-17)14(18)11-19-13-6-4-12(10-15)5-7-13/h4-7,17H,2-3,8-9,11H2,1H3. The third kappa shape index (κ3) is 4.98. The van der Waals surface area contributed by atoms with Crippen LogP contribution in [0.15, 0.2) is 24.3 Å². The highest BCUT2D eigenvalue weighted by molar-refractivity contribution is 5.77. The number of likely N-dealkylation sites (N-methyl/N-ethyl adjacent to an activating group) is 1. The number of rotatable bonds is 7. The van der Waals surface area contributed by atoms with Crippen molar-refractivity contribution in [1.82, 2.24) is 4.90 Å². The number of carbonyl (C=O) groups is 1. The summed E-state index contributed by atoms with van der Waals surface area (Å²) in [6.07, 6.45) is 0.566. The molecule has 1 N–H and O–H groups in total. The summed E-state index contributed by atoms with van der Waals surface area (Å²) in [6.45, 7) is 3.04. The number of carbonyl (C=O) groups excluding carboxylic acids is 1. The van der Waals surface area contributed by atoms with Gasteiger partial charge in [-0.05, 0) is 37.6 Å². The molecule has 19 heavy (non-hydrogen) atoms. The van der Waals surface area contributed by atoms with E-state index in [0.717, 1.165) is 0 Å². The second kappa shape index (κ2) is 8.11. The van der Waals surface area contributed by atoms with E-state index in [0.29, 0.717) is 30.8 Å². The number of hydrogen-bond acceptors (Lipinski definition) is 4. The summed E-state index contributed by atoms with van der Waals surface area (Å²) in [4.78, 5) is 13.5. The summed E-state index contributed by atoms with van der Waals surface area (Å²) >= 11 is 0. The van der Waals surface area contributed by atoms with Crippen LogP contribution in [0.4, 0.5) is 0 Å². The minimum Gasteiger partial charge on any atom is -0.484 e. The Labute approximate surface area is 113 Å². The Balaban J connectivity index is 2.45. The van der Waals surface area contributed by atoms with Crippen LogP contribution in [0.25, 0.3) is 0 Å². The lowest BCUT2D eigenvalue weighted by molar-refractivity contribution is -0.133. The first-order chi connectivity index (χ1) is 9.21. The molecule has 0 radical (unpaired) electrons. The molecule has 1 amide bonds. The van der Waals surface area contributed by atoms with Crippen LogP contribution in [0.2, 0.25) is 0 Å². The topological polar surface area (TPSA) is 73.6 Å². The van der Waals surface area contributed by atoms with Gasteiger partial charge >= 0.3 is 0 Å². The van der Waals surface area contributed by atoms with E-state index >= 15 is 0 Å². The van der Waals surface area contributed by atoms with Gasteiger partial charge in [-0.25, -0.2) is 0 Å². The highest BCUT2D eigenvalue weighted by Crippen LogP contribution is 2.11. The van der Waals surface area contributed by atoms with Gasteiger partial charge in [0, 0.05) is 19.7 Å². The summed E-state index contributed by atoms with van der Waals surface area (Å²) in [5, 5.41) is 17.4. The zero-order valence-electron chi connectivity index (χ0n) is 11.0. The maximum absolute atomic E-state index is 11.8. The van der Waals surface area contributed by atoms with Gasteiger partial charge in [0.25, 0.3) is 5.91 Å². The molecule has 0 saturated heterocycles. The van der Waals surface area contributed by atoms with Crippen LogP contribution in [0.1, 0.15) is 18.9 Å². The first-order valence-corrected chi connectivity index (χ1v) is 6.22. The highest BCUT2D eigenvalue weighted by atomic mass is 16.5. The Morgan fingerprint density at radius 3 is 2.63 bits per heavy atom. The Bertz CT molecular complexity index is 437. The van der Waals surface area contributed by atoms with Gasteiger partial charge in [-0.3, -0.25) is 4.79 Å². The van der Waals surface area contributed by atoms with E-state index in [4.69, 9.17) is 15.1 Å². The fraction of sp³-hybridized carbons (Fsp3) is 0.429. The van der Waals surface area contributed by atoms with Crippen molar-refractivity contribution in [2.45, 2.75) is 13.3 Å². The van der Waals surface area contributed by atoms with E-state index in [9.17, 15) is 4.79 Å². The van der Waals surface area contributed by atoms with Crippen molar-refractivity contribution in [3.63, 3.8) is 0 Å². The number of nitriles is 1. The number of aliphatic hydroxyl groups is 1. The molecule has 0 saturated carbocycles. The molecule has 0 fully saturated rings. The summed E-state index contributed by atoms with van der Waals surface area (Å²) in [5.74, 6) is 0.450. The minimum atomic E-state index is -0.111. The summed E-state index contributed by atoms with van der Waals surface area (Å²) in [7, 11) is 0. The van der Waals surface area contributed by atoms with Gasteiger partial charge in [-0.1, -0.05) is 0 Å². The molecule has 5 heteroatoms. The fourth-order valence-electron chi connectivity index (χ4n) is 1.58. The fourth-order valence-corrected chi connectivity index (χ4v) is 1.58. The molecule has 1 aromatic rings. The number of hydrogen-bond donors (Lipinski definition) is 1. The minimum absolute atomic E-state index is 0.0365. The molecule has 1 aromatic carbocycles. The van der Waals surface area contributed by atoms with Crippen molar-refractivity contribution < 1.29 is 14.6 Å². The van der Waals surface area contributed by atoms with E-state index in [1.165, 1.54) is 0 Å². The third-order valence-electron chi connectivity index (χ3n) is 2.67. The summed E-state index contributed by atoms with van der Waals surface area (Å²) < 4.78 is 5.37. The monoisotopic (exact) mass is 262 g/mol. The molecule has 5 nitrogen and oxygen atoms in total. The molecule has 0 aromatic heterocycles. The quantitative estimate of drug-likeness (QED) is 0.800. The Hall–Kier alpha value is -2.06. The predicted octanol–water partition coefficient (Wildman–Crippen LogP) is 1.17. The van der Waals surface area contributed by atoms with E-state index in [1.54, 1.807) is 29.2 Å². The van der Waals surface area contributed by atoms with Gasteiger partial charge in [-0.2, -0.15) is 5.26 Å². The van der Waals surface area contributed by atoms with Gasteiger partial charge < -0.3 is 14.7 Å². The first kappa shape index (κ1) is 15.0. The first-order valence-electron chi connectivity index (χ1n) is 6.22. The van der Waals surface area contributed by atoms with Crippen LogP contribution >= 0.6 is 0 Å². The lowest BCUT2D eigenvalue weighted by Gasteiger charge is -2.20. The molecular formula is C14H18N2O3. The molecule has 0 heterocycles. The van der Waals surface area contributed by atoms with Crippen molar-refractivity contribution in [3.05, 3.63) is 29.8 Å². The van der Waals surface area contributed by atoms with Crippen molar-refractivity contribution >= 4 is 5.91 Å². The SMILES string of the molecule is CCN(CCCO)C(=O)COc1ccc(C#N)cc1. The smallest absolute Gasteiger partial charge is 0.260 e. The number of nitrogens with zero attached hydrogens (tertiary/aromatic N) is 2. The van der Waals surface area contributed by atoms with Gasteiger partial charge in [0.15, 0.2) is 6.61 Å².